The van der Waals surface area contributed by atoms with Gasteiger partial charge in [0.05, 0.1) is 31.9 Å². The zero-order valence-electron chi connectivity index (χ0n) is 25.1. The van der Waals surface area contributed by atoms with Crippen LogP contribution >= 0.6 is 34.8 Å². The van der Waals surface area contributed by atoms with Gasteiger partial charge in [-0.3, -0.25) is 13.9 Å². The van der Waals surface area contributed by atoms with E-state index < -0.39 is 34.4 Å². The van der Waals surface area contributed by atoms with Crippen molar-refractivity contribution in [3.05, 3.63) is 75.2 Å². The number of nitrogens with one attached hydrogen (secondary N) is 1. The molecule has 3 aromatic carbocycles. The van der Waals surface area contributed by atoms with E-state index in [1.54, 1.807) is 32.9 Å². The summed E-state index contributed by atoms with van der Waals surface area (Å²) in [5, 5.41) is 3.67. The standard InChI is InChI=1S/C30H34Cl3N3O7S/c1-18(2)34-30(38)19(3)35(16-20-7-8-21(31)13-24(20)33)29(37)17-36(25-14-22(32)9-11-26(25)41-4)44(39,40)23-10-12-27(42-5)28(15-23)43-6/h7-15,18-19H,16-17H2,1-6H3,(H,34,38). The number of rotatable bonds is 13. The first-order valence-corrected chi connectivity index (χ1v) is 15.9. The Balaban J connectivity index is 2.17. The Bertz CT molecular complexity index is 1620. The molecule has 0 aromatic heterocycles. The minimum Gasteiger partial charge on any atom is -0.495 e. The average Bonchev–Trinajstić information content (AvgIpc) is 2.98. The maximum Gasteiger partial charge on any atom is 0.265 e. The van der Waals surface area contributed by atoms with Gasteiger partial charge in [-0.15, -0.1) is 0 Å². The van der Waals surface area contributed by atoms with Crippen molar-refractivity contribution in [1.29, 1.82) is 0 Å². The minimum atomic E-state index is -4.47. The fourth-order valence-corrected chi connectivity index (χ4v) is 6.36. The third-order valence-electron chi connectivity index (χ3n) is 6.59. The predicted molar refractivity (Wildman–Crippen MR) is 172 cm³/mol. The second-order valence-electron chi connectivity index (χ2n) is 9.94. The lowest BCUT2D eigenvalue weighted by atomic mass is 10.1. The normalized spacial score (nSPS) is 12.0. The Morgan fingerprint density at radius 1 is 0.818 bits per heavy atom. The molecule has 10 nitrogen and oxygen atoms in total. The molecule has 0 saturated carbocycles. The lowest BCUT2D eigenvalue weighted by molar-refractivity contribution is -0.139. The largest absolute Gasteiger partial charge is 0.495 e. The van der Waals surface area contributed by atoms with Gasteiger partial charge in [-0.2, -0.15) is 0 Å². The number of hydrogen-bond acceptors (Lipinski definition) is 7. The van der Waals surface area contributed by atoms with Gasteiger partial charge in [0.25, 0.3) is 10.0 Å². The first-order chi connectivity index (χ1) is 20.7. The third kappa shape index (κ3) is 8.20. The van der Waals surface area contributed by atoms with Crippen molar-refractivity contribution in [1.82, 2.24) is 10.2 Å². The van der Waals surface area contributed by atoms with Crippen LogP contribution in [-0.2, 0) is 26.2 Å². The van der Waals surface area contributed by atoms with Gasteiger partial charge in [0.2, 0.25) is 11.8 Å². The zero-order valence-corrected chi connectivity index (χ0v) is 28.1. The highest BCUT2D eigenvalue weighted by atomic mass is 35.5. The van der Waals surface area contributed by atoms with Crippen molar-refractivity contribution in [3.8, 4) is 17.2 Å². The third-order valence-corrected chi connectivity index (χ3v) is 9.16. The number of anilines is 1. The summed E-state index contributed by atoms with van der Waals surface area (Å²) < 4.78 is 45.5. The summed E-state index contributed by atoms with van der Waals surface area (Å²) in [5.41, 5.74) is 0.509. The number of benzene rings is 3. The predicted octanol–water partition coefficient (Wildman–Crippen LogP) is 5.81. The molecule has 0 fully saturated rings. The van der Waals surface area contributed by atoms with Gasteiger partial charge >= 0.3 is 0 Å². The highest BCUT2D eigenvalue weighted by Crippen LogP contribution is 2.37. The maximum atomic E-state index is 14.3. The maximum absolute atomic E-state index is 14.3. The van der Waals surface area contributed by atoms with Gasteiger partial charge < -0.3 is 24.4 Å². The van der Waals surface area contributed by atoms with Crippen molar-refractivity contribution < 1.29 is 32.2 Å². The van der Waals surface area contributed by atoms with Crippen LogP contribution in [0.1, 0.15) is 26.3 Å². The molecular weight excluding hydrogens is 653 g/mol. The molecule has 0 aliphatic carbocycles. The van der Waals surface area contributed by atoms with Gasteiger partial charge in [0.15, 0.2) is 11.5 Å². The van der Waals surface area contributed by atoms with Crippen molar-refractivity contribution in [3.63, 3.8) is 0 Å². The summed E-state index contributed by atoms with van der Waals surface area (Å²) >= 11 is 18.8. The van der Waals surface area contributed by atoms with Crippen LogP contribution < -0.4 is 23.8 Å². The summed E-state index contributed by atoms with van der Waals surface area (Å²) in [7, 11) is -0.313. The number of hydrogen-bond donors (Lipinski definition) is 1. The molecular formula is C30H34Cl3N3O7S. The molecule has 1 atom stereocenters. The molecule has 3 aromatic rings. The average molecular weight is 687 g/mol. The zero-order chi connectivity index (χ0) is 32.8. The number of halogens is 3. The Morgan fingerprint density at radius 3 is 2.00 bits per heavy atom. The minimum absolute atomic E-state index is 0.00638. The van der Waals surface area contributed by atoms with Gasteiger partial charge in [-0.1, -0.05) is 40.9 Å². The molecule has 3 rings (SSSR count). The SMILES string of the molecule is COc1ccc(S(=O)(=O)N(CC(=O)N(Cc2ccc(Cl)cc2Cl)C(C)C(=O)NC(C)C)c2cc(Cl)ccc2OC)cc1OC. The second kappa shape index (κ2) is 15.1. The molecule has 238 valence electrons. The summed E-state index contributed by atoms with van der Waals surface area (Å²) in [6.45, 7) is 4.29. The number of sulfonamides is 1. The molecule has 0 aliphatic rings. The highest BCUT2D eigenvalue weighted by Gasteiger charge is 2.35. The first-order valence-electron chi connectivity index (χ1n) is 13.4. The quantitative estimate of drug-likeness (QED) is 0.241. The van der Waals surface area contributed by atoms with Gasteiger partial charge in [0.1, 0.15) is 18.3 Å². The molecule has 0 aliphatic heterocycles. The molecule has 2 amide bonds. The number of amides is 2. The van der Waals surface area contributed by atoms with E-state index in [4.69, 9.17) is 49.0 Å². The monoisotopic (exact) mass is 685 g/mol. The summed E-state index contributed by atoms with van der Waals surface area (Å²) in [4.78, 5) is 28.4. The summed E-state index contributed by atoms with van der Waals surface area (Å²) in [5.74, 6) is -0.521. The molecule has 0 saturated heterocycles. The summed E-state index contributed by atoms with van der Waals surface area (Å²) in [6.07, 6.45) is 0. The lowest BCUT2D eigenvalue weighted by Gasteiger charge is -2.33. The summed E-state index contributed by atoms with van der Waals surface area (Å²) in [6, 6.07) is 12.0. The van der Waals surface area contributed by atoms with Crippen LogP contribution in [0, 0.1) is 0 Å². The van der Waals surface area contributed by atoms with Crippen LogP contribution in [0.5, 0.6) is 17.2 Å². The Hall–Kier alpha value is -3.38. The number of methoxy groups -OCH3 is 3. The number of carbonyl (C=O) groups is 2. The first kappa shape index (κ1) is 35.1. The van der Waals surface area contributed by atoms with Gasteiger partial charge in [-0.05, 0) is 68.8 Å². The van der Waals surface area contributed by atoms with Gasteiger partial charge in [-0.25, -0.2) is 8.42 Å². The number of nitrogens with zero attached hydrogens (tertiary/aromatic N) is 2. The van der Waals surface area contributed by atoms with E-state index in [0.29, 0.717) is 16.3 Å². The smallest absolute Gasteiger partial charge is 0.265 e. The molecule has 1 unspecified atom stereocenters. The lowest BCUT2D eigenvalue weighted by Crippen LogP contribution is -2.52. The molecule has 0 bridgehead atoms. The molecule has 14 heteroatoms. The van der Waals surface area contributed by atoms with Gasteiger partial charge in [0, 0.05) is 33.7 Å². The van der Waals surface area contributed by atoms with Crippen molar-refractivity contribution >= 4 is 62.3 Å². The topological polar surface area (TPSA) is 114 Å². The van der Waals surface area contributed by atoms with E-state index in [-0.39, 0.29) is 44.7 Å². The van der Waals surface area contributed by atoms with Crippen molar-refractivity contribution in [2.75, 3.05) is 32.2 Å². The Morgan fingerprint density at radius 2 is 1.41 bits per heavy atom. The van der Waals surface area contributed by atoms with Crippen LogP contribution in [-0.4, -0.2) is 65.1 Å². The van der Waals surface area contributed by atoms with E-state index in [2.05, 4.69) is 5.32 Å². The second-order valence-corrected chi connectivity index (χ2v) is 13.1. The van der Waals surface area contributed by atoms with E-state index >= 15 is 0 Å². The van der Waals surface area contributed by atoms with Crippen LogP contribution in [0.3, 0.4) is 0 Å². The molecule has 0 spiro atoms. The van der Waals surface area contributed by atoms with E-state index in [0.717, 1.165) is 4.31 Å². The van der Waals surface area contributed by atoms with Crippen LogP contribution in [0.2, 0.25) is 15.1 Å². The van der Waals surface area contributed by atoms with E-state index in [9.17, 15) is 18.0 Å². The van der Waals surface area contributed by atoms with E-state index in [1.807, 2.05) is 0 Å². The number of carbonyl (C=O) groups excluding carboxylic acids is 2. The fourth-order valence-electron chi connectivity index (χ4n) is 4.30. The Labute approximate surface area is 272 Å². The highest BCUT2D eigenvalue weighted by molar-refractivity contribution is 7.92. The Kier molecular flexibility index (Phi) is 12.0. The molecule has 44 heavy (non-hydrogen) atoms. The number of ether oxygens (including phenoxy) is 3. The molecule has 1 N–H and O–H groups in total. The molecule has 0 radical (unpaired) electrons. The molecule has 0 heterocycles. The van der Waals surface area contributed by atoms with Crippen molar-refractivity contribution in [2.24, 2.45) is 0 Å². The fraction of sp³-hybridized carbons (Fsp3) is 0.333. The van der Waals surface area contributed by atoms with Crippen LogP contribution in [0.4, 0.5) is 5.69 Å². The van der Waals surface area contributed by atoms with Crippen LogP contribution in [0.15, 0.2) is 59.5 Å². The van der Waals surface area contributed by atoms with Crippen LogP contribution in [0.25, 0.3) is 0 Å². The van der Waals surface area contributed by atoms with E-state index in [1.165, 1.54) is 68.7 Å². The van der Waals surface area contributed by atoms with Crippen molar-refractivity contribution in [2.45, 2.75) is 44.3 Å².